The third kappa shape index (κ3) is 5.16. The summed E-state index contributed by atoms with van der Waals surface area (Å²) in [6, 6.07) is 19.8. The van der Waals surface area contributed by atoms with E-state index in [1.807, 2.05) is 36.4 Å². The Morgan fingerprint density at radius 1 is 0.933 bits per heavy atom. The van der Waals surface area contributed by atoms with Crippen molar-refractivity contribution in [3.8, 4) is 11.3 Å². The summed E-state index contributed by atoms with van der Waals surface area (Å²) < 4.78 is 0. The molecular formula is C24H24ClN3O2. The van der Waals surface area contributed by atoms with E-state index in [4.69, 9.17) is 16.7 Å². The number of carbonyl (C=O) groups is 1. The van der Waals surface area contributed by atoms with Gasteiger partial charge in [-0.3, -0.25) is 4.79 Å². The Bertz CT molecular complexity index is 980. The summed E-state index contributed by atoms with van der Waals surface area (Å²) in [5.41, 5.74) is 4.09. The quantitative estimate of drug-likeness (QED) is 0.489. The number of nitrogens with one attached hydrogen (secondary N) is 1. The van der Waals surface area contributed by atoms with Gasteiger partial charge in [-0.25, -0.2) is 0 Å². The molecule has 0 saturated heterocycles. The molecule has 5 nitrogen and oxygen atoms in total. The largest absolute Gasteiger partial charge is 0.481 e. The van der Waals surface area contributed by atoms with Crippen LogP contribution in [-0.4, -0.2) is 21.3 Å². The Balaban J connectivity index is 1.37. The minimum absolute atomic E-state index is 0.299. The Morgan fingerprint density at radius 3 is 2.23 bits per heavy atom. The second kappa shape index (κ2) is 9.26. The molecule has 4 rings (SSSR count). The van der Waals surface area contributed by atoms with Crippen molar-refractivity contribution in [2.24, 2.45) is 5.92 Å². The molecule has 0 spiro atoms. The van der Waals surface area contributed by atoms with E-state index in [1.165, 1.54) is 5.56 Å². The maximum absolute atomic E-state index is 10.9. The van der Waals surface area contributed by atoms with Crippen LogP contribution in [0.2, 0.25) is 5.02 Å². The highest BCUT2D eigenvalue weighted by Gasteiger charge is 2.23. The van der Waals surface area contributed by atoms with Crippen molar-refractivity contribution in [3.05, 3.63) is 71.2 Å². The molecule has 0 radical (unpaired) electrons. The first-order valence-electron chi connectivity index (χ1n) is 10.3. The molecule has 30 heavy (non-hydrogen) atoms. The summed E-state index contributed by atoms with van der Waals surface area (Å²) in [4.78, 5) is 10.9. The molecule has 1 heterocycles. The first-order chi connectivity index (χ1) is 14.6. The van der Waals surface area contributed by atoms with Gasteiger partial charge in [-0.2, -0.15) is 0 Å². The van der Waals surface area contributed by atoms with E-state index >= 15 is 0 Å². The van der Waals surface area contributed by atoms with Crippen LogP contribution in [-0.2, 0) is 4.79 Å². The average molecular weight is 422 g/mol. The zero-order valence-corrected chi connectivity index (χ0v) is 17.3. The van der Waals surface area contributed by atoms with E-state index in [0.717, 1.165) is 42.6 Å². The second-order valence-electron chi connectivity index (χ2n) is 7.87. The van der Waals surface area contributed by atoms with Crippen molar-refractivity contribution >= 4 is 29.1 Å². The number of halogens is 1. The van der Waals surface area contributed by atoms with Crippen LogP contribution in [0.25, 0.3) is 11.3 Å². The molecule has 1 aliphatic rings. The van der Waals surface area contributed by atoms with E-state index in [2.05, 4.69) is 39.8 Å². The lowest BCUT2D eigenvalue weighted by molar-refractivity contribution is -0.138. The van der Waals surface area contributed by atoms with Gasteiger partial charge in [0.05, 0.1) is 5.69 Å². The zero-order valence-electron chi connectivity index (χ0n) is 16.6. The molecule has 0 atom stereocenters. The summed E-state index contributed by atoms with van der Waals surface area (Å²) in [7, 11) is 0. The van der Waals surface area contributed by atoms with Gasteiger partial charge in [-0.15, -0.1) is 10.2 Å². The number of hydrogen-bond donors (Lipinski definition) is 2. The van der Waals surface area contributed by atoms with Gasteiger partial charge in [0.15, 0.2) is 5.82 Å². The van der Waals surface area contributed by atoms with Gasteiger partial charge in [0.1, 0.15) is 0 Å². The van der Waals surface area contributed by atoms with Crippen LogP contribution in [0, 0.1) is 5.92 Å². The first kappa shape index (κ1) is 20.4. The predicted octanol–water partition coefficient (Wildman–Crippen LogP) is 6.29. The van der Waals surface area contributed by atoms with Crippen LogP contribution in [0.3, 0.4) is 0 Å². The fraction of sp³-hybridized carbons (Fsp3) is 0.292. The van der Waals surface area contributed by atoms with Crippen LogP contribution in [0.4, 0.5) is 11.5 Å². The molecule has 2 N–H and O–H groups in total. The highest BCUT2D eigenvalue weighted by Crippen LogP contribution is 2.37. The number of anilines is 2. The lowest BCUT2D eigenvalue weighted by atomic mass is 9.77. The first-order valence-corrected chi connectivity index (χ1v) is 10.6. The minimum atomic E-state index is -0.682. The molecule has 3 aromatic rings. The van der Waals surface area contributed by atoms with Gasteiger partial charge < -0.3 is 10.4 Å². The lowest BCUT2D eigenvalue weighted by Gasteiger charge is -2.28. The van der Waals surface area contributed by atoms with Crippen molar-refractivity contribution < 1.29 is 9.90 Å². The normalized spacial score (nSPS) is 18.7. The number of carboxylic acid groups (broad SMARTS) is 1. The average Bonchev–Trinajstić information content (AvgIpc) is 2.76. The summed E-state index contributed by atoms with van der Waals surface area (Å²) in [5, 5.41) is 21.5. The SMILES string of the molecule is O=C(O)CC1CCC(c2ccc(-c3ccc(Nc4ccc(Cl)cc4)nn3)cc2)CC1. The Kier molecular flexibility index (Phi) is 6.29. The summed E-state index contributed by atoms with van der Waals surface area (Å²) in [5.74, 6) is 0.837. The maximum Gasteiger partial charge on any atom is 0.303 e. The van der Waals surface area contributed by atoms with E-state index < -0.39 is 5.97 Å². The van der Waals surface area contributed by atoms with Crippen LogP contribution in [0.15, 0.2) is 60.7 Å². The van der Waals surface area contributed by atoms with E-state index in [0.29, 0.717) is 29.1 Å². The van der Waals surface area contributed by atoms with E-state index in [-0.39, 0.29) is 0 Å². The van der Waals surface area contributed by atoms with Crippen LogP contribution >= 0.6 is 11.6 Å². The maximum atomic E-state index is 10.9. The van der Waals surface area contributed by atoms with Gasteiger partial charge in [0.25, 0.3) is 0 Å². The fourth-order valence-electron chi connectivity index (χ4n) is 4.11. The molecule has 1 aromatic heterocycles. The van der Waals surface area contributed by atoms with Gasteiger partial charge >= 0.3 is 5.97 Å². The summed E-state index contributed by atoms with van der Waals surface area (Å²) >= 11 is 5.91. The topological polar surface area (TPSA) is 75.1 Å². The molecule has 154 valence electrons. The number of nitrogens with zero attached hydrogens (tertiary/aromatic N) is 2. The standard InChI is InChI=1S/C24H24ClN3O2/c25-20-9-11-21(12-10-20)26-23-14-13-22(27-28-23)19-7-5-18(6-8-19)17-3-1-16(2-4-17)15-24(29)30/h5-14,16-17H,1-4,15H2,(H,26,28)(H,29,30). The van der Waals surface area contributed by atoms with Crippen molar-refractivity contribution in [3.63, 3.8) is 0 Å². The second-order valence-corrected chi connectivity index (χ2v) is 8.31. The molecule has 0 bridgehead atoms. The summed E-state index contributed by atoms with van der Waals surface area (Å²) in [6.07, 6.45) is 4.40. The number of aliphatic carboxylic acids is 1. The smallest absolute Gasteiger partial charge is 0.303 e. The molecule has 6 heteroatoms. The van der Waals surface area contributed by atoms with Crippen LogP contribution < -0.4 is 5.32 Å². The van der Waals surface area contributed by atoms with Gasteiger partial charge in [-0.1, -0.05) is 35.9 Å². The van der Waals surface area contributed by atoms with Gasteiger partial charge in [0, 0.05) is 22.7 Å². The highest BCUT2D eigenvalue weighted by atomic mass is 35.5. The van der Waals surface area contributed by atoms with Crippen molar-refractivity contribution in [2.75, 3.05) is 5.32 Å². The van der Waals surface area contributed by atoms with E-state index in [9.17, 15) is 4.79 Å². The number of aromatic nitrogens is 2. The van der Waals surface area contributed by atoms with Gasteiger partial charge in [-0.05, 0) is 79.5 Å². The molecule has 1 fully saturated rings. The van der Waals surface area contributed by atoms with E-state index in [1.54, 1.807) is 0 Å². The highest BCUT2D eigenvalue weighted by molar-refractivity contribution is 6.30. The Hall–Kier alpha value is -2.92. The number of carboxylic acids is 1. The third-order valence-electron chi connectivity index (χ3n) is 5.77. The monoisotopic (exact) mass is 421 g/mol. The van der Waals surface area contributed by atoms with Gasteiger partial charge in [0.2, 0.25) is 0 Å². The number of rotatable bonds is 6. The summed E-state index contributed by atoms with van der Waals surface area (Å²) in [6.45, 7) is 0. The lowest BCUT2D eigenvalue weighted by Crippen LogP contribution is -2.16. The van der Waals surface area contributed by atoms with Crippen molar-refractivity contribution in [1.29, 1.82) is 0 Å². The minimum Gasteiger partial charge on any atom is -0.481 e. The number of hydrogen-bond acceptors (Lipinski definition) is 4. The van der Waals surface area contributed by atoms with Crippen LogP contribution in [0.1, 0.15) is 43.6 Å². The molecule has 1 aliphatic carbocycles. The third-order valence-corrected chi connectivity index (χ3v) is 6.02. The fourth-order valence-corrected chi connectivity index (χ4v) is 4.23. The molecule has 0 unspecified atom stereocenters. The molecular weight excluding hydrogens is 398 g/mol. The molecule has 1 saturated carbocycles. The van der Waals surface area contributed by atoms with Crippen molar-refractivity contribution in [1.82, 2.24) is 10.2 Å². The number of benzene rings is 2. The Labute approximate surface area is 181 Å². The van der Waals surface area contributed by atoms with Crippen LogP contribution in [0.5, 0.6) is 0 Å². The molecule has 0 amide bonds. The Morgan fingerprint density at radius 2 is 1.63 bits per heavy atom. The predicted molar refractivity (Wildman–Crippen MR) is 119 cm³/mol. The molecule has 2 aromatic carbocycles. The molecule has 0 aliphatic heterocycles. The zero-order chi connectivity index (χ0) is 20.9. The van der Waals surface area contributed by atoms with Crippen molar-refractivity contribution in [2.45, 2.75) is 38.0 Å².